The van der Waals surface area contributed by atoms with Crippen LogP contribution >= 0.6 is 11.8 Å². The van der Waals surface area contributed by atoms with Gasteiger partial charge in [-0.25, -0.2) is 0 Å². The molecule has 1 aromatic heterocycles. The van der Waals surface area contributed by atoms with Gasteiger partial charge in [-0.15, -0.1) is 10.2 Å². The third kappa shape index (κ3) is 4.63. The second-order valence-corrected chi connectivity index (χ2v) is 7.68. The molecule has 0 bridgehead atoms. The highest BCUT2D eigenvalue weighted by atomic mass is 32.2. The average Bonchev–Trinajstić information content (AvgIpc) is 3.15. The van der Waals surface area contributed by atoms with Crippen molar-refractivity contribution in [1.82, 2.24) is 10.2 Å². The van der Waals surface area contributed by atoms with Gasteiger partial charge in [0.15, 0.2) is 6.61 Å². The van der Waals surface area contributed by atoms with Crippen LogP contribution in [-0.2, 0) is 13.0 Å². The third-order valence-electron chi connectivity index (χ3n) is 4.62. The molecule has 3 aromatic rings. The lowest BCUT2D eigenvalue weighted by Gasteiger charge is -2.31. The van der Waals surface area contributed by atoms with E-state index in [1.807, 2.05) is 31.2 Å². The lowest BCUT2D eigenvalue weighted by atomic mass is 10.0. The lowest BCUT2D eigenvalue weighted by Crippen LogP contribution is -2.31. The molecule has 1 aliphatic rings. The number of ether oxygens (including phenoxy) is 1. The fourth-order valence-electron chi connectivity index (χ4n) is 3.22. The summed E-state index contributed by atoms with van der Waals surface area (Å²) in [5, 5.41) is 8.79. The normalized spacial score (nSPS) is 13.4. The SMILES string of the molecule is Cc1ccc(OCc2nnc(SCCN3CCCc4ccccc43)o2)cc1. The topological polar surface area (TPSA) is 51.4 Å². The molecule has 2 heterocycles. The maximum atomic E-state index is 5.69. The molecular formula is C21H23N3O2S. The van der Waals surface area contributed by atoms with E-state index in [0.29, 0.717) is 11.1 Å². The number of benzene rings is 2. The van der Waals surface area contributed by atoms with Gasteiger partial charge < -0.3 is 14.1 Å². The second-order valence-electron chi connectivity index (χ2n) is 6.63. The van der Waals surface area contributed by atoms with Crippen LogP contribution in [0.4, 0.5) is 5.69 Å². The molecule has 27 heavy (non-hydrogen) atoms. The van der Waals surface area contributed by atoms with Crippen molar-refractivity contribution in [3.63, 3.8) is 0 Å². The predicted octanol–water partition coefficient (Wildman–Crippen LogP) is 4.50. The largest absolute Gasteiger partial charge is 0.484 e. The summed E-state index contributed by atoms with van der Waals surface area (Å²) in [5.41, 5.74) is 4.01. The first-order chi connectivity index (χ1) is 13.3. The van der Waals surface area contributed by atoms with Crippen molar-refractivity contribution >= 4 is 17.4 Å². The Hall–Kier alpha value is -2.47. The number of aryl methyl sites for hydroxylation is 2. The van der Waals surface area contributed by atoms with Crippen LogP contribution in [0.15, 0.2) is 58.2 Å². The van der Waals surface area contributed by atoms with Gasteiger partial charge in [-0.05, 0) is 43.5 Å². The van der Waals surface area contributed by atoms with Crippen LogP contribution in [-0.4, -0.2) is 29.0 Å². The molecule has 140 valence electrons. The number of aromatic nitrogens is 2. The van der Waals surface area contributed by atoms with Gasteiger partial charge in [-0.1, -0.05) is 47.7 Å². The van der Waals surface area contributed by atoms with E-state index in [2.05, 4.69) is 39.4 Å². The smallest absolute Gasteiger partial charge is 0.276 e. The number of anilines is 1. The fraction of sp³-hybridized carbons (Fsp3) is 0.333. The molecule has 0 unspecified atom stereocenters. The zero-order valence-corrected chi connectivity index (χ0v) is 16.2. The van der Waals surface area contributed by atoms with E-state index >= 15 is 0 Å². The standard InChI is InChI=1S/C21H23N3O2S/c1-16-8-10-18(11-9-16)25-15-20-22-23-21(26-20)27-14-13-24-12-4-6-17-5-2-3-7-19(17)24/h2-3,5,7-11H,4,6,12-15H2,1H3. The van der Waals surface area contributed by atoms with Crippen LogP contribution in [0.25, 0.3) is 0 Å². The number of rotatable bonds is 7. The highest BCUT2D eigenvalue weighted by Gasteiger charge is 2.16. The van der Waals surface area contributed by atoms with Gasteiger partial charge in [0, 0.05) is 24.5 Å². The summed E-state index contributed by atoms with van der Waals surface area (Å²) in [7, 11) is 0. The lowest BCUT2D eigenvalue weighted by molar-refractivity contribution is 0.252. The molecule has 0 N–H and O–H groups in total. The molecular weight excluding hydrogens is 358 g/mol. The van der Waals surface area contributed by atoms with Crippen LogP contribution in [0.5, 0.6) is 5.75 Å². The Morgan fingerprint density at radius 3 is 2.85 bits per heavy atom. The minimum atomic E-state index is 0.288. The van der Waals surface area contributed by atoms with E-state index in [0.717, 1.165) is 24.6 Å². The molecule has 2 aromatic carbocycles. The van der Waals surface area contributed by atoms with Gasteiger partial charge in [0.25, 0.3) is 11.1 Å². The van der Waals surface area contributed by atoms with Crippen molar-refractivity contribution in [2.24, 2.45) is 0 Å². The monoisotopic (exact) mass is 381 g/mol. The Morgan fingerprint density at radius 1 is 1.11 bits per heavy atom. The Morgan fingerprint density at radius 2 is 1.96 bits per heavy atom. The van der Waals surface area contributed by atoms with Gasteiger partial charge in [-0.3, -0.25) is 0 Å². The van der Waals surface area contributed by atoms with Crippen LogP contribution in [0, 0.1) is 6.92 Å². The van der Waals surface area contributed by atoms with Crippen LogP contribution in [0.3, 0.4) is 0 Å². The van der Waals surface area contributed by atoms with Gasteiger partial charge >= 0.3 is 0 Å². The fourth-order valence-corrected chi connectivity index (χ4v) is 3.96. The summed E-state index contributed by atoms with van der Waals surface area (Å²) in [5.74, 6) is 2.22. The van der Waals surface area contributed by atoms with Gasteiger partial charge in [0.05, 0.1) is 0 Å². The Bertz CT molecular complexity index is 879. The van der Waals surface area contributed by atoms with Crippen LogP contribution < -0.4 is 9.64 Å². The van der Waals surface area contributed by atoms with Gasteiger partial charge in [0.2, 0.25) is 0 Å². The third-order valence-corrected chi connectivity index (χ3v) is 5.42. The van der Waals surface area contributed by atoms with Crippen LogP contribution in [0.2, 0.25) is 0 Å². The van der Waals surface area contributed by atoms with Crippen molar-refractivity contribution in [3.05, 3.63) is 65.5 Å². The summed E-state index contributed by atoms with van der Waals surface area (Å²) in [6, 6.07) is 16.6. The number of para-hydroxylation sites is 1. The minimum absolute atomic E-state index is 0.288. The van der Waals surface area contributed by atoms with Gasteiger partial charge in [0.1, 0.15) is 5.75 Å². The number of fused-ring (bicyclic) bond motifs is 1. The van der Waals surface area contributed by atoms with E-state index in [1.54, 1.807) is 11.8 Å². The second kappa shape index (κ2) is 8.48. The van der Waals surface area contributed by atoms with E-state index in [-0.39, 0.29) is 6.61 Å². The van der Waals surface area contributed by atoms with Crippen molar-refractivity contribution < 1.29 is 9.15 Å². The molecule has 4 rings (SSSR count). The number of thioether (sulfide) groups is 1. The molecule has 0 radical (unpaired) electrons. The molecule has 0 fully saturated rings. The molecule has 0 spiro atoms. The predicted molar refractivity (Wildman–Crippen MR) is 108 cm³/mol. The van der Waals surface area contributed by atoms with Crippen molar-refractivity contribution in [2.75, 3.05) is 23.7 Å². The zero-order valence-electron chi connectivity index (χ0n) is 15.4. The van der Waals surface area contributed by atoms with E-state index in [1.165, 1.54) is 29.7 Å². The van der Waals surface area contributed by atoms with Crippen molar-refractivity contribution in [1.29, 1.82) is 0 Å². The van der Waals surface area contributed by atoms with Gasteiger partial charge in [-0.2, -0.15) is 0 Å². The molecule has 1 aliphatic heterocycles. The first kappa shape index (κ1) is 17.9. The zero-order chi connectivity index (χ0) is 18.5. The Balaban J connectivity index is 1.26. The number of nitrogens with zero attached hydrogens (tertiary/aromatic N) is 3. The first-order valence-electron chi connectivity index (χ1n) is 9.25. The quantitative estimate of drug-likeness (QED) is 0.562. The van der Waals surface area contributed by atoms with Crippen LogP contribution in [0.1, 0.15) is 23.4 Å². The molecule has 0 atom stereocenters. The van der Waals surface area contributed by atoms with Crippen molar-refractivity contribution in [2.45, 2.75) is 31.6 Å². The summed E-state index contributed by atoms with van der Waals surface area (Å²) < 4.78 is 11.4. The number of hydrogen-bond donors (Lipinski definition) is 0. The molecule has 6 heteroatoms. The maximum Gasteiger partial charge on any atom is 0.276 e. The highest BCUT2D eigenvalue weighted by molar-refractivity contribution is 7.99. The molecule has 0 amide bonds. The number of hydrogen-bond acceptors (Lipinski definition) is 6. The summed E-state index contributed by atoms with van der Waals surface area (Å²) in [6.07, 6.45) is 2.39. The van der Waals surface area contributed by atoms with E-state index < -0.39 is 0 Å². The minimum Gasteiger partial charge on any atom is -0.484 e. The summed E-state index contributed by atoms with van der Waals surface area (Å²) in [6.45, 7) is 4.42. The maximum absolute atomic E-state index is 5.69. The average molecular weight is 382 g/mol. The molecule has 0 saturated heterocycles. The Labute approximate surface area is 163 Å². The molecule has 0 aliphatic carbocycles. The van der Waals surface area contributed by atoms with E-state index in [9.17, 15) is 0 Å². The van der Waals surface area contributed by atoms with Crippen molar-refractivity contribution in [3.8, 4) is 5.75 Å². The summed E-state index contributed by atoms with van der Waals surface area (Å²) in [4.78, 5) is 2.45. The summed E-state index contributed by atoms with van der Waals surface area (Å²) >= 11 is 1.60. The molecule has 0 saturated carbocycles. The van der Waals surface area contributed by atoms with E-state index in [4.69, 9.17) is 9.15 Å². The first-order valence-corrected chi connectivity index (χ1v) is 10.2. The highest BCUT2D eigenvalue weighted by Crippen LogP contribution is 2.27. The molecule has 5 nitrogen and oxygen atoms in total. The Kier molecular flexibility index (Phi) is 5.63.